The summed E-state index contributed by atoms with van der Waals surface area (Å²) in [4.78, 5) is 25.6. The van der Waals surface area contributed by atoms with Gasteiger partial charge in [-0.3, -0.25) is 9.59 Å². The first-order chi connectivity index (χ1) is 17.6. The molecule has 37 heavy (non-hydrogen) atoms. The molecule has 3 aliphatic rings. The zero-order valence-corrected chi connectivity index (χ0v) is 20.9. The number of nitrogens with one attached hydrogen (secondary N) is 1. The molecule has 0 atom stereocenters. The van der Waals surface area contributed by atoms with Crippen LogP contribution in [0, 0.1) is 16.6 Å². The van der Waals surface area contributed by atoms with Crippen molar-refractivity contribution in [2.45, 2.75) is 45.2 Å². The number of carbonyl (C=O) groups excluding carboxylic acids is 1. The van der Waals surface area contributed by atoms with E-state index in [-0.39, 0.29) is 17.1 Å². The molecule has 5 nitrogen and oxygen atoms in total. The Hall–Kier alpha value is -3.93. The lowest BCUT2D eigenvalue weighted by Crippen LogP contribution is -2.76. The van der Waals surface area contributed by atoms with Crippen LogP contribution in [0.1, 0.15) is 49.0 Å². The molecule has 1 aromatic heterocycles. The topological polar surface area (TPSA) is 71.3 Å². The second-order valence-corrected chi connectivity index (χ2v) is 11.4. The van der Waals surface area contributed by atoms with Crippen LogP contribution in [0.4, 0.5) is 4.39 Å². The summed E-state index contributed by atoms with van der Waals surface area (Å²) in [6, 6.07) is 22.4. The largest absolute Gasteiger partial charge is 0.481 e. The average Bonchev–Trinajstić information content (AvgIpc) is 3.20. The number of amides is 1. The van der Waals surface area contributed by atoms with Crippen molar-refractivity contribution in [2.24, 2.45) is 10.8 Å². The maximum atomic E-state index is 13.9. The zero-order valence-electron chi connectivity index (χ0n) is 20.9. The van der Waals surface area contributed by atoms with Gasteiger partial charge in [0.05, 0.1) is 16.5 Å². The number of carbonyl (C=O) groups is 2. The number of rotatable bonds is 7. The lowest BCUT2D eigenvalue weighted by atomic mass is 9.30. The Morgan fingerprint density at radius 3 is 2.30 bits per heavy atom. The van der Waals surface area contributed by atoms with Crippen molar-refractivity contribution >= 4 is 22.8 Å². The smallest absolute Gasteiger partial charge is 0.309 e. The van der Waals surface area contributed by atoms with Gasteiger partial charge in [-0.2, -0.15) is 0 Å². The number of aromatic nitrogens is 1. The third kappa shape index (κ3) is 3.66. The lowest BCUT2D eigenvalue weighted by molar-refractivity contribution is -0.246. The SMILES string of the molecule is CC(C)(NC(=O)c1cc(-c2ccccc2)cc2ccn(Cc3ccc(F)cc3)c12)C12CC(C(=O)O)(C1)C2. The fraction of sp³-hybridized carbons (Fsp3) is 0.290. The molecular weight excluding hydrogens is 467 g/mol. The minimum Gasteiger partial charge on any atom is -0.481 e. The monoisotopic (exact) mass is 496 g/mol. The molecular formula is C31H29FN2O3. The number of carboxylic acid groups (broad SMARTS) is 1. The molecule has 3 aromatic carbocycles. The Morgan fingerprint density at radius 2 is 1.65 bits per heavy atom. The van der Waals surface area contributed by atoms with Crippen molar-refractivity contribution in [1.82, 2.24) is 9.88 Å². The second-order valence-electron chi connectivity index (χ2n) is 11.4. The van der Waals surface area contributed by atoms with Gasteiger partial charge in [-0.1, -0.05) is 42.5 Å². The van der Waals surface area contributed by atoms with E-state index in [2.05, 4.69) is 11.4 Å². The van der Waals surface area contributed by atoms with Gasteiger partial charge in [0.1, 0.15) is 5.82 Å². The Morgan fingerprint density at radius 1 is 0.973 bits per heavy atom. The van der Waals surface area contributed by atoms with Crippen molar-refractivity contribution in [2.75, 3.05) is 0 Å². The first-order valence-electron chi connectivity index (χ1n) is 12.6. The van der Waals surface area contributed by atoms with Crippen LogP contribution in [0.25, 0.3) is 22.0 Å². The molecule has 0 aliphatic heterocycles. The van der Waals surface area contributed by atoms with Gasteiger partial charge in [0.2, 0.25) is 0 Å². The minimum absolute atomic E-state index is 0.180. The molecule has 188 valence electrons. The molecule has 0 radical (unpaired) electrons. The number of fused-ring (bicyclic) bond motifs is 1. The Labute approximate surface area is 214 Å². The average molecular weight is 497 g/mol. The highest BCUT2D eigenvalue weighted by Crippen LogP contribution is 2.77. The molecule has 4 aromatic rings. The highest BCUT2D eigenvalue weighted by Gasteiger charge is 2.76. The molecule has 0 spiro atoms. The van der Waals surface area contributed by atoms with Gasteiger partial charge in [0.15, 0.2) is 0 Å². The van der Waals surface area contributed by atoms with Crippen LogP contribution in [0.5, 0.6) is 0 Å². The highest BCUT2D eigenvalue weighted by atomic mass is 19.1. The number of hydrogen-bond donors (Lipinski definition) is 2. The zero-order chi connectivity index (χ0) is 26.0. The molecule has 3 fully saturated rings. The van der Waals surface area contributed by atoms with Crippen molar-refractivity contribution in [3.63, 3.8) is 0 Å². The summed E-state index contributed by atoms with van der Waals surface area (Å²) in [6.07, 6.45) is 3.76. The Kier molecular flexibility index (Phi) is 5.10. The molecule has 3 saturated carbocycles. The summed E-state index contributed by atoms with van der Waals surface area (Å²) < 4.78 is 15.5. The van der Waals surface area contributed by atoms with Crippen LogP contribution in [-0.4, -0.2) is 27.1 Å². The van der Waals surface area contributed by atoms with Crippen LogP contribution < -0.4 is 5.32 Å². The Balaban J connectivity index is 1.38. The van der Waals surface area contributed by atoms with Gasteiger partial charge in [-0.25, -0.2) is 4.39 Å². The van der Waals surface area contributed by atoms with Gasteiger partial charge < -0.3 is 15.0 Å². The number of hydrogen-bond acceptors (Lipinski definition) is 2. The van der Waals surface area contributed by atoms with Crippen molar-refractivity contribution in [1.29, 1.82) is 0 Å². The van der Waals surface area contributed by atoms with Gasteiger partial charge in [0, 0.05) is 23.7 Å². The highest BCUT2D eigenvalue weighted by molar-refractivity contribution is 6.08. The minimum atomic E-state index is -0.729. The summed E-state index contributed by atoms with van der Waals surface area (Å²) in [6.45, 7) is 4.51. The van der Waals surface area contributed by atoms with E-state index in [9.17, 15) is 19.1 Å². The third-order valence-electron chi connectivity index (χ3n) is 8.71. The van der Waals surface area contributed by atoms with Crippen LogP contribution in [-0.2, 0) is 11.3 Å². The van der Waals surface area contributed by atoms with Crippen LogP contribution in [0.3, 0.4) is 0 Å². The molecule has 3 aliphatic carbocycles. The Bertz CT molecular complexity index is 1520. The van der Waals surface area contributed by atoms with Gasteiger partial charge in [0.25, 0.3) is 5.91 Å². The number of halogens is 1. The summed E-state index contributed by atoms with van der Waals surface area (Å²) in [5.74, 6) is -1.19. The lowest BCUT2D eigenvalue weighted by Gasteiger charge is -2.73. The third-order valence-corrected chi connectivity index (χ3v) is 8.71. The summed E-state index contributed by atoms with van der Waals surface area (Å²) in [7, 11) is 0. The maximum absolute atomic E-state index is 13.9. The number of carboxylic acids is 1. The van der Waals surface area contributed by atoms with Crippen molar-refractivity contribution < 1.29 is 19.1 Å². The molecule has 1 amide bonds. The van der Waals surface area contributed by atoms with E-state index < -0.39 is 16.9 Å². The quantitative estimate of drug-likeness (QED) is 0.317. The van der Waals surface area contributed by atoms with Gasteiger partial charge >= 0.3 is 5.97 Å². The predicted molar refractivity (Wildman–Crippen MR) is 141 cm³/mol. The number of nitrogens with zero attached hydrogens (tertiary/aromatic N) is 1. The normalized spacial score (nSPS) is 22.2. The number of aliphatic carboxylic acids is 1. The molecule has 6 heteroatoms. The van der Waals surface area contributed by atoms with E-state index in [0.717, 1.165) is 27.6 Å². The van der Waals surface area contributed by atoms with Gasteiger partial charge in [-0.15, -0.1) is 0 Å². The summed E-state index contributed by atoms with van der Waals surface area (Å²) in [5.41, 5.74) is 2.95. The van der Waals surface area contributed by atoms with E-state index in [1.54, 1.807) is 12.1 Å². The second kappa shape index (κ2) is 8.04. The first-order valence-corrected chi connectivity index (χ1v) is 12.6. The van der Waals surface area contributed by atoms with Crippen molar-refractivity contribution in [3.8, 4) is 11.1 Å². The molecule has 0 unspecified atom stereocenters. The standard InChI is InChI=1S/C31H29FN2O3/c1-29(2,31-17-30(18-31,19-31)28(36)37)33-27(35)25-15-23(21-6-4-3-5-7-21)14-22-12-13-34(26(22)25)16-20-8-10-24(32)11-9-20/h3-15H,16-19H2,1-2H3,(H,33,35)(H,36,37). The predicted octanol–water partition coefficient (Wildman–Crippen LogP) is 6.26. The molecule has 2 bridgehead atoms. The molecule has 7 rings (SSSR count). The van der Waals surface area contributed by atoms with Crippen LogP contribution in [0.15, 0.2) is 79.0 Å². The first kappa shape index (κ1) is 23.5. The van der Waals surface area contributed by atoms with E-state index in [1.165, 1.54) is 12.1 Å². The molecule has 1 heterocycles. The summed E-state index contributed by atoms with van der Waals surface area (Å²) in [5, 5.41) is 13.8. The van der Waals surface area contributed by atoms with E-state index in [0.29, 0.717) is 31.4 Å². The number of benzene rings is 3. The summed E-state index contributed by atoms with van der Waals surface area (Å²) >= 11 is 0. The van der Waals surface area contributed by atoms with Crippen molar-refractivity contribution in [3.05, 3.63) is 95.9 Å². The van der Waals surface area contributed by atoms with Gasteiger partial charge in [-0.05, 0) is 85.5 Å². The van der Waals surface area contributed by atoms with E-state index >= 15 is 0 Å². The van der Waals surface area contributed by atoms with Crippen LogP contribution >= 0.6 is 0 Å². The molecule has 2 N–H and O–H groups in total. The van der Waals surface area contributed by atoms with Crippen LogP contribution in [0.2, 0.25) is 0 Å². The van der Waals surface area contributed by atoms with E-state index in [4.69, 9.17) is 0 Å². The van der Waals surface area contributed by atoms with E-state index in [1.807, 2.05) is 67.1 Å². The fourth-order valence-corrected chi connectivity index (χ4v) is 6.40. The maximum Gasteiger partial charge on any atom is 0.309 e. The molecule has 0 saturated heterocycles. The fourth-order valence-electron chi connectivity index (χ4n) is 6.40.